The van der Waals surface area contributed by atoms with Gasteiger partial charge in [-0.15, -0.1) is 0 Å². The number of aryl methyl sites for hydroxylation is 1. The Hall–Kier alpha value is -0.880. The zero-order valence-electron chi connectivity index (χ0n) is 11.5. The Kier molecular flexibility index (Phi) is 4.79. The van der Waals surface area contributed by atoms with Gasteiger partial charge in [-0.2, -0.15) is 0 Å². The molecule has 0 bridgehead atoms. The number of hydrogen-bond donors (Lipinski definition) is 1. The van der Waals surface area contributed by atoms with Crippen LogP contribution in [0.5, 0.6) is 0 Å². The number of halogens is 1. The molecule has 1 rings (SSSR count). The summed E-state index contributed by atoms with van der Waals surface area (Å²) >= 11 is 3.37. The molecule has 1 aromatic carbocycles. The van der Waals surface area contributed by atoms with Crippen molar-refractivity contribution >= 4 is 37.4 Å². The monoisotopic (exact) mass is 347 g/mol. The SMILES string of the molecule is CCc1cc(Br)ccc1NC(=O)C(C)(C)S(C)(=O)=O. The molecule has 4 nitrogen and oxygen atoms in total. The number of nitrogens with one attached hydrogen (secondary N) is 1. The van der Waals surface area contributed by atoms with Gasteiger partial charge in [-0.05, 0) is 44.0 Å². The standard InChI is InChI=1S/C13H18BrNO3S/c1-5-9-8-10(14)6-7-11(9)15-12(16)13(2,3)19(4,17)18/h6-8H,5H2,1-4H3,(H,15,16). The highest BCUT2D eigenvalue weighted by atomic mass is 79.9. The predicted octanol–water partition coefficient (Wildman–Crippen LogP) is 2.77. The highest BCUT2D eigenvalue weighted by Gasteiger charge is 2.38. The maximum atomic E-state index is 12.1. The second-order valence-electron chi connectivity index (χ2n) is 4.89. The summed E-state index contributed by atoms with van der Waals surface area (Å²) in [5.74, 6) is -0.521. The van der Waals surface area contributed by atoms with Gasteiger partial charge < -0.3 is 5.32 Å². The van der Waals surface area contributed by atoms with Crippen molar-refractivity contribution in [1.82, 2.24) is 0 Å². The number of sulfone groups is 1. The molecule has 0 radical (unpaired) electrons. The minimum atomic E-state index is -3.47. The van der Waals surface area contributed by atoms with Crippen molar-refractivity contribution in [3.63, 3.8) is 0 Å². The number of amides is 1. The minimum Gasteiger partial charge on any atom is -0.324 e. The third-order valence-corrected chi connectivity index (χ3v) is 5.70. The van der Waals surface area contributed by atoms with Crippen LogP contribution in [0.2, 0.25) is 0 Å². The number of hydrogen-bond acceptors (Lipinski definition) is 3. The van der Waals surface area contributed by atoms with E-state index < -0.39 is 20.5 Å². The molecule has 0 aliphatic rings. The quantitative estimate of drug-likeness (QED) is 0.910. The molecule has 0 aliphatic carbocycles. The van der Waals surface area contributed by atoms with Crippen molar-refractivity contribution in [3.05, 3.63) is 28.2 Å². The van der Waals surface area contributed by atoms with Crippen LogP contribution < -0.4 is 5.32 Å². The average Bonchev–Trinajstić information content (AvgIpc) is 2.29. The summed E-state index contributed by atoms with van der Waals surface area (Å²) in [6.07, 6.45) is 1.81. The first kappa shape index (κ1) is 16.2. The molecule has 0 heterocycles. The Morgan fingerprint density at radius 1 is 1.37 bits per heavy atom. The van der Waals surface area contributed by atoms with E-state index in [-0.39, 0.29) is 0 Å². The first-order valence-corrected chi connectivity index (χ1v) is 8.57. The Morgan fingerprint density at radius 2 is 1.95 bits per heavy atom. The molecule has 6 heteroatoms. The van der Waals surface area contributed by atoms with Gasteiger partial charge in [0.15, 0.2) is 9.84 Å². The first-order valence-electron chi connectivity index (χ1n) is 5.89. The Bertz CT molecular complexity index is 594. The van der Waals surface area contributed by atoms with Crippen LogP contribution in [0.1, 0.15) is 26.3 Å². The number of carbonyl (C=O) groups is 1. The lowest BCUT2D eigenvalue weighted by atomic mass is 10.1. The third kappa shape index (κ3) is 3.57. The van der Waals surface area contributed by atoms with Crippen molar-refractivity contribution < 1.29 is 13.2 Å². The maximum absolute atomic E-state index is 12.1. The third-order valence-electron chi connectivity index (χ3n) is 3.17. The van der Waals surface area contributed by atoms with Crippen molar-refractivity contribution in [3.8, 4) is 0 Å². The van der Waals surface area contributed by atoms with E-state index in [0.717, 1.165) is 22.7 Å². The summed E-state index contributed by atoms with van der Waals surface area (Å²) in [6.45, 7) is 4.78. The van der Waals surface area contributed by atoms with Gasteiger partial charge in [0, 0.05) is 16.4 Å². The summed E-state index contributed by atoms with van der Waals surface area (Å²) in [7, 11) is -3.47. The van der Waals surface area contributed by atoms with E-state index in [1.807, 2.05) is 19.1 Å². The molecular weight excluding hydrogens is 330 g/mol. The maximum Gasteiger partial charge on any atom is 0.245 e. The van der Waals surface area contributed by atoms with Gasteiger partial charge in [-0.1, -0.05) is 22.9 Å². The van der Waals surface area contributed by atoms with Gasteiger partial charge in [0.05, 0.1) is 0 Å². The minimum absolute atomic E-state index is 0.521. The molecule has 1 N–H and O–H groups in total. The number of rotatable bonds is 4. The van der Waals surface area contributed by atoms with Crippen LogP contribution in [0.25, 0.3) is 0 Å². The van der Waals surface area contributed by atoms with Crippen LogP contribution in [0.4, 0.5) is 5.69 Å². The molecule has 0 fully saturated rings. The normalized spacial score (nSPS) is 12.3. The van der Waals surface area contributed by atoms with Gasteiger partial charge in [-0.3, -0.25) is 4.79 Å². The number of benzene rings is 1. The van der Waals surface area contributed by atoms with Crippen molar-refractivity contribution in [2.45, 2.75) is 31.9 Å². The Morgan fingerprint density at radius 3 is 2.42 bits per heavy atom. The lowest BCUT2D eigenvalue weighted by molar-refractivity contribution is -0.117. The zero-order chi connectivity index (χ0) is 14.8. The molecule has 0 aromatic heterocycles. The van der Waals surface area contributed by atoms with Gasteiger partial charge >= 0.3 is 0 Å². The Labute approximate surface area is 122 Å². The molecule has 0 spiro atoms. The molecule has 19 heavy (non-hydrogen) atoms. The van der Waals surface area contributed by atoms with Crippen LogP contribution in [0, 0.1) is 0 Å². The van der Waals surface area contributed by atoms with Gasteiger partial charge in [-0.25, -0.2) is 8.42 Å². The van der Waals surface area contributed by atoms with E-state index >= 15 is 0 Å². The first-order chi connectivity index (χ1) is 8.59. The average molecular weight is 348 g/mol. The van der Waals surface area contributed by atoms with Gasteiger partial charge in [0.1, 0.15) is 4.75 Å². The van der Waals surface area contributed by atoms with E-state index in [9.17, 15) is 13.2 Å². The molecule has 1 aromatic rings. The molecule has 0 unspecified atom stereocenters. The lowest BCUT2D eigenvalue weighted by Gasteiger charge is -2.22. The van der Waals surface area contributed by atoms with Crippen LogP contribution in [-0.4, -0.2) is 25.3 Å². The molecule has 0 aliphatic heterocycles. The van der Waals surface area contributed by atoms with E-state index in [1.165, 1.54) is 13.8 Å². The summed E-state index contributed by atoms with van der Waals surface area (Å²) in [4.78, 5) is 12.1. The lowest BCUT2D eigenvalue weighted by Crippen LogP contribution is -2.44. The number of carbonyl (C=O) groups excluding carboxylic acids is 1. The van der Waals surface area contributed by atoms with Crippen molar-refractivity contribution in [1.29, 1.82) is 0 Å². The summed E-state index contributed by atoms with van der Waals surface area (Å²) in [5.41, 5.74) is 1.60. The topological polar surface area (TPSA) is 63.2 Å². The van der Waals surface area contributed by atoms with Crippen LogP contribution in [0.15, 0.2) is 22.7 Å². The fourth-order valence-electron chi connectivity index (χ4n) is 1.42. The summed E-state index contributed by atoms with van der Waals surface area (Å²) < 4.78 is 22.7. The van der Waals surface area contributed by atoms with E-state index in [1.54, 1.807) is 6.07 Å². The fourth-order valence-corrected chi connectivity index (χ4v) is 2.21. The molecule has 106 valence electrons. The Balaban J connectivity index is 3.08. The number of anilines is 1. The molecule has 0 saturated heterocycles. The highest BCUT2D eigenvalue weighted by molar-refractivity contribution is 9.10. The molecule has 1 amide bonds. The van der Waals surface area contributed by atoms with Crippen LogP contribution in [-0.2, 0) is 21.1 Å². The van der Waals surface area contributed by atoms with E-state index in [2.05, 4.69) is 21.2 Å². The fraction of sp³-hybridized carbons (Fsp3) is 0.462. The smallest absolute Gasteiger partial charge is 0.245 e. The summed E-state index contributed by atoms with van der Waals surface area (Å²) in [5, 5.41) is 2.70. The van der Waals surface area contributed by atoms with E-state index in [0.29, 0.717) is 5.69 Å². The molecule has 0 saturated carbocycles. The van der Waals surface area contributed by atoms with Gasteiger partial charge in [0.2, 0.25) is 5.91 Å². The van der Waals surface area contributed by atoms with Crippen molar-refractivity contribution in [2.75, 3.05) is 11.6 Å². The molecule has 0 atom stereocenters. The molecular formula is C13H18BrNO3S. The second kappa shape index (κ2) is 5.63. The summed E-state index contributed by atoms with van der Waals surface area (Å²) in [6, 6.07) is 5.48. The van der Waals surface area contributed by atoms with Gasteiger partial charge in [0.25, 0.3) is 0 Å². The van der Waals surface area contributed by atoms with Crippen LogP contribution >= 0.6 is 15.9 Å². The largest absolute Gasteiger partial charge is 0.324 e. The zero-order valence-corrected chi connectivity index (χ0v) is 13.9. The predicted molar refractivity (Wildman–Crippen MR) is 81.1 cm³/mol. The second-order valence-corrected chi connectivity index (χ2v) is 8.37. The van der Waals surface area contributed by atoms with E-state index in [4.69, 9.17) is 0 Å². The van der Waals surface area contributed by atoms with Crippen molar-refractivity contribution in [2.24, 2.45) is 0 Å². The van der Waals surface area contributed by atoms with Crippen LogP contribution in [0.3, 0.4) is 0 Å². The highest BCUT2D eigenvalue weighted by Crippen LogP contribution is 2.24.